The lowest BCUT2D eigenvalue weighted by molar-refractivity contribution is -0.130. The molecule has 1 atom stereocenters. The van der Waals surface area contributed by atoms with E-state index in [-0.39, 0.29) is 12.5 Å². The number of carbonyl (C=O) groups excluding carboxylic acids is 1. The monoisotopic (exact) mass is 238 g/mol. The van der Waals surface area contributed by atoms with E-state index in [4.69, 9.17) is 15.2 Å². The summed E-state index contributed by atoms with van der Waals surface area (Å²) < 4.78 is 10.1. The fourth-order valence-corrected chi connectivity index (χ4v) is 1.46. The maximum atomic E-state index is 11.6. The predicted octanol–water partition coefficient (Wildman–Crippen LogP) is 0.285. The Balaban J connectivity index is 2.58. The Morgan fingerprint density at radius 1 is 1.41 bits per heavy atom. The summed E-state index contributed by atoms with van der Waals surface area (Å²) in [6, 6.07) is 7.50. The fourth-order valence-electron chi connectivity index (χ4n) is 1.46. The second-order valence-electron chi connectivity index (χ2n) is 3.49. The van der Waals surface area contributed by atoms with E-state index < -0.39 is 6.10 Å². The molecule has 0 radical (unpaired) electrons. The zero-order chi connectivity index (χ0) is 12.7. The van der Waals surface area contributed by atoms with Gasteiger partial charge in [0.25, 0.3) is 5.91 Å². The molecular weight excluding hydrogens is 220 g/mol. The van der Waals surface area contributed by atoms with Crippen LogP contribution in [0.25, 0.3) is 0 Å². The maximum Gasteiger partial charge on any atom is 0.250 e. The number of hydrogen-bond donors (Lipinski definition) is 2. The van der Waals surface area contributed by atoms with Gasteiger partial charge in [-0.3, -0.25) is 4.79 Å². The molecule has 5 nitrogen and oxygen atoms in total. The summed E-state index contributed by atoms with van der Waals surface area (Å²) in [7, 11) is 3.05. The summed E-state index contributed by atoms with van der Waals surface area (Å²) >= 11 is 0. The summed E-state index contributed by atoms with van der Waals surface area (Å²) in [6.45, 7) is 0.553. The van der Waals surface area contributed by atoms with Crippen LogP contribution < -0.4 is 15.8 Å². The molecule has 0 heterocycles. The van der Waals surface area contributed by atoms with Crippen LogP contribution in [0.4, 0.5) is 0 Å². The van der Waals surface area contributed by atoms with Gasteiger partial charge in [-0.2, -0.15) is 0 Å². The van der Waals surface area contributed by atoms with Crippen LogP contribution in [-0.2, 0) is 16.1 Å². The van der Waals surface area contributed by atoms with Crippen molar-refractivity contribution in [1.82, 2.24) is 5.32 Å². The van der Waals surface area contributed by atoms with Crippen molar-refractivity contribution in [1.29, 1.82) is 0 Å². The zero-order valence-electron chi connectivity index (χ0n) is 10.1. The Hall–Kier alpha value is -1.59. The van der Waals surface area contributed by atoms with E-state index in [1.54, 1.807) is 7.11 Å². The van der Waals surface area contributed by atoms with E-state index in [1.165, 1.54) is 7.11 Å². The largest absolute Gasteiger partial charge is 0.496 e. The number of benzene rings is 1. The number of hydrogen-bond acceptors (Lipinski definition) is 4. The Kier molecular flexibility index (Phi) is 5.45. The standard InChI is InChI=1S/C12H18N2O3/c1-16-10-6-4-3-5-9(10)8-14-12(15)11(7-13)17-2/h3-6,11H,7-8,13H2,1-2H3,(H,14,15). The van der Waals surface area contributed by atoms with E-state index in [1.807, 2.05) is 24.3 Å². The smallest absolute Gasteiger partial charge is 0.250 e. The van der Waals surface area contributed by atoms with Crippen LogP contribution in [0.3, 0.4) is 0 Å². The average Bonchev–Trinajstić information content (AvgIpc) is 2.38. The second kappa shape index (κ2) is 6.88. The van der Waals surface area contributed by atoms with Gasteiger partial charge in [0, 0.05) is 25.8 Å². The quantitative estimate of drug-likeness (QED) is 0.747. The number of nitrogens with one attached hydrogen (secondary N) is 1. The van der Waals surface area contributed by atoms with Crippen molar-refractivity contribution in [3.05, 3.63) is 29.8 Å². The third-order valence-corrected chi connectivity index (χ3v) is 2.44. The number of amides is 1. The van der Waals surface area contributed by atoms with Gasteiger partial charge in [-0.05, 0) is 6.07 Å². The van der Waals surface area contributed by atoms with E-state index in [0.29, 0.717) is 6.54 Å². The molecule has 5 heteroatoms. The highest BCUT2D eigenvalue weighted by atomic mass is 16.5. The van der Waals surface area contributed by atoms with E-state index in [0.717, 1.165) is 11.3 Å². The van der Waals surface area contributed by atoms with Crippen molar-refractivity contribution in [2.24, 2.45) is 5.73 Å². The number of para-hydroxylation sites is 1. The molecule has 0 fully saturated rings. The number of nitrogens with two attached hydrogens (primary N) is 1. The first kappa shape index (κ1) is 13.5. The summed E-state index contributed by atoms with van der Waals surface area (Å²) in [4.78, 5) is 11.6. The third kappa shape index (κ3) is 3.72. The molecule has 0 bridgehead atoms. The second-order valence-corrected chi connectivity index (χ2v) is 3.49. The molecule has 17 heavy (non-hydrogen) atoms. The Labute approximate surface area is 101 Å². The average molecular weight is 238 g/mol. The highest BCUT2D eigenvalue weighted by Crippen LogP contribution is 2.16. The summed E-state index contributed by atoms with van der Waals surface area (Å²) in [5, 5.41) is 2.75. The van der Waals surface area contributed by atoms with Gasteiger partial charge in [0.2, 0.25) is 0 Å². The molecule has 1 aromatic carbocycles. The molecule has 0 aliphatic carbocycles. The molecule has 0 saturated heterocycles. The zero-order valence-corrected chi connectivity index (χ0v) is 10.1. The van der Waals surface area contributed by atoms with Crippen LogP contribution in [0.2, 0.25) is 0 Å². The van der Waals surface area contributed by atoms with Gasteiger partial charge in [-0.1, -0.05) is 18.2 Å². The van der Waals surface area contributed by atoms with Crippen molar-refractivity contribution in [2.45, 2.75) is 12.6 Å². The van der Waals surface area contributed by atoms with Crippen LogP contribution in [0, 0.1) is 0 Å². The number of rotatable bonds is 6. The Bertz CT molecular complexity index is 365. The van der Waals surface area contributed by atoms with E-state index in [9.17, 15) is 4.79 Å². The van der Waals surface area contributed by atoms with Crippen LogP contribution in [0.15, 0.2) is 24.3 Å². The molecular formula is C12H18N2O3. The lowest BCUT2D eigenvalue weighted by atomic mass is 10.2. The van der Waals surface area contributed by atoms with Crippen LogP contribution in [0.1, 0.15) is 5.56 Å². The first-order valence-corrected chi connectivity index (χ1v) is 5.35. The first-order valence-electron chi connectivity index (χ1n) is 5.35. The minimum absolute atomic E-state index is 0.161. The van der Waals surface area contributed by atoms with Gasteiger partial charge in [0.1, 0.15) is 11.9 Å². The molecule has 1 amide bonds. The predicted molar refractivity (Wildman–Crippen MR) is 64.7 cm³/mol. The first-order chi connectivity index (χ1) is 8.22. The molecule has 1 aromatic rings. The van der Waals surface area contributed by atoms with Crippen molar-refractivity contribution < 1.29 is 14.3 Å². The summed E-state index contributed by atoms with van der Waals surface area (Å²) in [5.74, 6) is 0.524. The Morgan fingerprint density at radius 3 is 2.71 bits per heavy atom. The summed E-state index contributed by atoms with van der Waals surface area (Å²) in [5.41, 5.74) is 6.31. The minimum Gasteiger partial charge on any atom is -0.496 e. The highest BCUT2D eigenvalue weighted by Gasteiger charge is 2.15. The lowest BCUT2D eigenvalue weighted by Crippen LogP contribution is -2.40. The molecule has 1 rings (SSSR count). The molecule has 1 unspecified atom stereocenters. The SMILES string of the molecule is COc1ccccc1CNC(=O)C(CN)OC. The van der Waals surface area contributed by atoms with Crippen molar-refractivity contribution in [3.63, 3.8) is 0 Å². The van der Waals surface area contributed by atoms with Gasteiger partial charge in [-0.15, -0.1) is 0 Å². The topological polar surface area (TPSA) is 73.6 Å². The minimum atomic E-state index is -0.607. The van der Waals surface area contributed by atoms with Gasteiger partial charge >= 0.3 is 0 Å². The maximum absolute atomic E-state index is 11.6. The highest BCUT2D eigenvalue weighted by molar-refractivity contribution is 5.81. The molecule has 94 valence electrons. The normalized spacial score (nSPS) is 11.9. The number of carbonyl (C=O) groups is 1. The lowest BCUT2D eigenvalue weighted by Gasteiger charge is -2.14. The molecule has 0 aliphatic rings. The molecule has 0 aromatic heterocycles. The third-order valence-electron chi connectivity index (χ3n) is 2.44. The van der Waals surface area contributed by atoms with Crippen molar-refractivity contribution in [2.75, 3.05) is 20.8 Å². The van der Waals surface area contributed by atoms with Crippen LogP contribution in [0.5, 0.6) is 5.75 Å². The van der Waals surface area contributed by atoms with Crippen LogP contribution in [-0.4, -0.2) is 32.8 Å². The van der Waals surface area contributed by atoms with E-state index in [2.05, 4.69) is 5.32 Å². The molecule has 0 spiro atoms. The summed E-state index contributed by atoms with van der Waals surface area (Å²) in [6.07, 6.45) is -0.607. The van der Waals surface area contributed by atoms with E-state index >= 15 is 0 Å². The number of methoxy groups -OCH3 is 2. The molecule has 0 aliphatic heterocycles. The van der Waals surface area contributed by atoms with Crippen LogP contribution >= 0.6 is 0 Å². The van der Waals surface area contributed by atoms with Gasteiger partial charge in [0.15, 0.2) is 0 Å². The molecule has 0 saturated carbocycles. The van der Waals surface area contributed by atoms with Crippen molar-refractivity contribution in [3.8, 4) is 5.75 Å². The van der Waals surface area contributed by atoms with Gasteiger partial charge < -0.3 is 20.5 Å². The van der Waals surface area contributed by atoms with Gasteiger partial charge in [-0.25, -0.2) is 0 Å². The molecule has 3 N–H and O–H groups in total. The Morgan fingerprint density at radius 2 is 2.12 bits per heavy atom. The van der Waals surface area contributed by atoms with Crippen molar-refractivity contribution >= 4 is 5.91 Å². The number of ether oxygens (including phenoxy) is 2. The fraction of sp³-hybridized carbons (Fsp3) is 0.417. The van der Waals surface area contributed by atoms with Gasteiger partial charge in [0.05, 0.1) is 7.11 Å².